The Hall–Kier alpha value is -2.24. The average molecular weight is 330 g/mol. The fraction of sp³-hybridized carbons (Fsp3) is 0.556. The van der Waals surface area contributed by atoms with E-state index in [1.165, 1.54) is 12.8 Å². The fourth-order valence-electron chi connectivity index (χ4n) is 3.56. The number of fused-ring (bicyclic) bond motifs is 1. The van der Waals surface area contributed by atoms with Crippen LogP contribution in [0.4, 0.5) is 5.69 Å². The highest BCUT2D eigenvalue weighted by atomic mass is 16.7. The minimum atomic E-state index is -0.269. The molecule has 0 aromatic heterocycles. The summed E-state index contributed by atoms with van der Waals surface area (Å²) in [5, 5.41) is 0. The smallest absolute Gasteiger partial charge is 0.231 e. The third-order valence-corrected chi connectivity index (χ3v) is 5.40. The molecule has 2 aliphatic heterocycles. The van der Waals surface area contributed by atoms with Crippen molar-refractivity contribution in [3.05, 3.63) is 18.2 Å². The van der Waals surface area contributed by atoms with Gasteiger partial charge in [-0.25, -0.2) is 0 Å². The molecule has 2 atom stereocenters. The number of anilines is 1. The molecular formula is C18H22N2O4. The second-order valence-corrected chi connectivity index (χ2v) is 6.97. The third kappa shape index (κ3) is 2.60. The predicted octanol–water partition coefficient (Wildman–Crippen LogP) is 2.03. The number of nitrogens with zero attached hydrogens (tertiary/aromatic N) is 2. The molecule has 3 aliphatic rings. The molecule has 0 N–H and O–H groups in total. The lowest BCUT2D eigenvalue weighted by molar-refractivity contribution is -0.136. The van der Waals surface area contributed by atoms with Gasteiger partial charge in [0, 0.05) is 37.8 Å². The number of amides is 2. The van der Waals surface area contributed by atoms with Crippen LogP contribution >= 0.6 is 0 Å². The summed E-state index contributed by atoms with van der Waals surface area (Å²) >= 11 is 0. The van der Waals surface area contributed by atoms with Gasteiger partial charge in [0.1, 0.15) is 0 Å². The molecule has 24 heavy (non-hydrogen) atoms. The fourth-order valence-corrected chi connectivity index (χ4v) is 3.56. The summed E-state index contributed by atoms with van der Waals surface area (Å²) in [5.41, 5.74) is 0.762. The van der Waals surface area contributed by atoms with E-state index in [0.717, 1.165) is 5.69 Å². The monoisotopic (exact) mass is 330 g/mol. The summed E-state index contributed by atoms with van der Waals surface area (Å²) < 4.78 is 10.7. The standard InChI is InChI=1S/C18H22N2O4/c1-11(12-3-4-12)19(2)18(22)13-7-17(21)20(9-13)14-5-6-15-16(8-14)24-10-23-15/h5-6,8,11-13H,3-4,7,9-10H2,1-2H3/t11-,13-/m0/s1. The van der Waals surface area contributed by atoms with Crippen LogP contribution in [0, 0.1) is 11.8 Å². The lowest BCUT2D eigenvalue weighted by atomic mass is 10.1. The Morgan fingerprint density at radius 1 is 1.29 bits per heavy atom. The van der Waals surface area contributed by atoms with Gasteiger partial charge in [-0.1, -0.05) is 0 Å². The van der Waals surface area contributed by atoms with Crippen LogP contribution in [0.3, 0.4) is 0 Å². The molecular weight excluding hydrogens is 308 g/mol. The van der Waals surface area contributed by atoms with Gasteiger partial charge in [-0.3, -0.25) is 9.59 Å². The van der Waals surface area contributed by atoms with Gasteiger partial charge in [0.15, 0.2) is 11.5 Å². The molecule has 2 fully saturated rings. The third-order valence-electron chi connectivity index (χ3n) is 5.40. The van der Waals surface area contributed by atoms with Crippen molar-refractivity contribution in [1.29, 1.82) is 0 Å². The minimum absolute atomic E-state index is 0.0142. The van der Waals surface area contributed by atoms with Crippen molar-refractivity contribution < 1.29 is 19.1 Å². The summed E-state index contributed by atoms with van der Waals surface area (Å²) in [5.74, 6) is 1.76. The molecule has 2 amide bonds. The first-order valence-corrected chi connectivity index (χ1v) is 8.51. The van der Waals surface area contributed by atoms with Gasteiger partial charge in [-0.05, 0) is 37.8 Å². The molecule has 1 aromatic carbocycles. The Morgan fingerprint density at radius 3 is 2.79 bits per heavy atom. The number of carbonyl (C=O) groups excluding carboxylic acids is 2. The highest BCUT2D eigenvalue weighted by molar-refractivity contribution is 6.00. The summed E-state index contributed by atoms with van der Waals surface area (Å²) in [6.07, 6.45) is 2.67. The van der Waals surface area contributed by atoms with E-state index in [9.17, 15) is 9.59 Å². The number of ether oxygens (including phenoxy) is 2. The highest BCUT2D eigenvalue weighted by Crippen LogP contribution is 2.38. The van der Waals surface area contributed by atoms with Crippen LogP contribution in [-0.2, 0) is 9.59 Å². The highest BCUT2D eigenvalue weighted by Gasteiger charge is 2.40. The molecule has 0 radical (unpaired) electrons. The van der Waals surface area contributed by atoms with E-state index in [2.05, 4.69) is 6.92 Å². The van der Waals surface area contributed by atoms with Crippen LogP contribution in [0.5, 0.6) is 11.5 Å². The Bertz CT molecular complexity index is 686. The Balaban J connectivity index is 1.47. The summed E-state index contributed by atoms with van der Waals surface area (Å²) in [6, 6.07) is 5.71. The molecule has 2 heterocycles. The molecule has 1 saturated heterocycles. The van der Waals surface area contributed by atoms with Crippen molar-refractivity contribution in [2.75, 3.05) is 25.3 Å². The van der Waals surface area contributed by atoms with Gasteiger partial charge in [0.2, 0.25) is 18.6 Å². The molecule has 1 aromatic rings. The Labute approximate surface area is 141 Å². The number of rotatable bonds is 4. The first-order valence-electron chi connectivity index (χ1n) is 8.51. The van der Waals surface area contributed by atoms with E-state index in [1.54, 1.807) is 11.0 Å². The summed E-state index contributed by atoms with van der Waals surface area (Å²) in [7, 11) is 1.86. The zero-order valence-corrected chi connectivity index (χ0v) is 14.0. The Morgan fingerprint density at radius 2 is 2.04 bits per heavy atom. The molecule has 1 saturated carbocycles. The van der Waals surface area contributed by atoms with Crippen LogP contribution < -0.4 is 14.4 Å². The molecule has 0 spiro atoms. The van der Waals surface area contributed by atoms with Gasteiger partial charge < -0.3 is 19.3 Å². The van der Waals surface area contributed by atoms with Crippen molar-refractivity contribution in [3.8, 4) is 11.5 Å². The predicted molar refractivity (Wildman–Crippen MR) is 88.0 cm³/mol. The van der Waals surface area contributed by atoms with E-state index in [0.29, 0.717) is 24.0 Å². The normalized spacial score (nSPS) is 23.5. The number of hydrogen-bond donors (Lipinski definition) is 0. The zero-order valence-electron chi connectivity index (χ0n) is 14.0. The van der Waals surface area contributed by atoms with Crippen molar-refractivity contribution in [3.63, 3.8) is 0 Å². The van der Waals surface area contributed by atoms with Crippen LogP contribution in [0.2, 0.25) is 0 Å². The van der Waals surface area contributed by atoms with Crippen LogP contribution in [0.15, 0.2) is 18.2 Å². The number of carbonyl (C=O) groups is 2. The first kappa shape index (κ1) is 15.3. The summed E-state index contributed by atoms with van der Waals surface area (Å²) in [4.78, 5) is 28.7. The second kappa shape index (κ2) is 5.69. The van der Waals surface area contributed by atoms with Crippen LogP contribution in [0.25, 0.3) is 0 Å². The Kier molecular flexibility index (Phi) is 3.62. The minimum Gasteiger partial charge on any atom is -0.454 e. The van der Waals surface area contributed by atoms with Crippen molar-refractivity contribution >= 4 is 17.5 Å². The van der Waals surface area contributed by atoms with Crippen molar-refractivity contribution in [1.82, 2.24) is 4.90 Å². The van der Waals surface area contributed by atoms with E-state index in [1.807, 2.05) is 24.1 Å². The SMILES string of the molecule is C[C@@H](C1CC1)N(C)C(=O)[C@H]1CC(=O)N(c2ccc3c(c2)OCO3)C1. The average Bonchev–Trinajstić information content (AvgIpc) is 3.20. The van der Waals surface area contributed by atoms with Crippen LogP contribution in [-0.4, -0.2) is 43.1 Å². The molecule has 128 valence electrons. The molecule has 1 aliphatic carbocycles. The van der Waals surface area contributed by atoms with Gasteiger partial charge in [-0.2, -0.15) is 0 Å². The van der Waals surface area contributed by atoms with E-state index >= 15 is 0 Å². The maximum atomic E-state index is 12.7. The van der Waals surface area contributed by atoms with Gasteiger partial charge in [0.25, 0.3) is 0 Å². The second-order valence-electron chi connectivity index (χ2n) is 6.97. The van der Waals surface area contributed by atoms with Crippen molar-refractivity contribution in [2.24, 2.45) is 11.8 Å². The summed E-state index contributed by atoms with van der Waals surface area (Å²) in [6.45, 7) is 2.73. The largest absolute Gasteiger partial charge is 0.454 e. The van der Waals surface area contributed by atoms with Gasteiger partial charge in [0.05, 0.1) is 5.92 Å². The molecule has 0 bridgehead atoms. The maximum Gasteiger partial charge on any atom is 0.231 e. The number of hydrogen-bond acceptors (Lipinski definition) is 4. The maximum absolute atomic E-state index is 12.7. The topological polar surface area (TPSA) is 59.1 Å². The van der Waals surface area contributed by atoms with E-state index < -0.39 is 0 Å². The number of benzene rings is 1. The van der Waals surface area contributed by atoms with Crippen molar-refractivity contribution in [2.45, 2.75) is 32.2 Å². The molecule has 4 rings (SSSR count). The molecule has 6 heteroatoms. The zero-order chi connectivity index (χ0) is 16.8. The quantitative estimate of drug-likeness (QED) is 0.847. The van der Waals surface area contributed by atoms with Crippen LogP contribution in [0.1, 0.15) is 26.2 Å². The van der Waals surface area contributed by atoms with Gasteiger partial charge in [-0.15, -0.1) is 0 Å². The van der Waals surface area contributed by atoms with Gasteiger partial charge >= 0.3 is 0 Å². The first-order chi connectivity index (χ1) is 11.5. The molecule has 6 nitrogen and oxygen atoms in total. The van der Waals surface area contributed by atoms with E-state index in [-0.39, 0.29) is 37.0 Å². The lowest BCUT2D eigenvalue weighted by Crippen LogP contribution is -2.41. The lowest BCUT2D eigenvalue weighted by Gasteiger charge is -2.27. The van der Waals surface area contributed by atoms with E-state index in [4.69, 9.17) is 9.47 Å². The molecule has 0 unspecified atom stereocenters.